The van der Waals surface area contributed by atoms with Gasteiger partial charge in [0.15, 0.2) is 0 Å². The number of hydrogen-bond acceptors (Lipinski definition) is 4. The normalized spacial score (nSPS) is 14.2. The molecule has 7 nitrogen and oxygen atoms in total. The number of rotatable bonds is 7. The molecule has 1 aliphatic rings. The molecule has 3 aromatic rings. The average molecular weight is 428 g/mol. The van der Waals surface area contributed by atoms with Crippen LogP contribution in [0.2, 0.25) is 0 Å². The van der Waals surface area contributed by atoms with Crippen LogP contribution in [-0.2, 0) is 23.0 Å². The summed E-state index contributed by atoms with van der Waals surface area (Å²) in [4.78, 5) is 28.5. The van der Waals surface area contributed by atoms with Gasteiger partial charge in [-0.3, -0.25) is 9.59 Å². The number of benzene rings is 1. The quantitative estimate of drug-likeness (QED) is 0.605. The second-order valence-corrected chi connectivity index (χ2v) is 9.68. The Hall–Kier alpha value is -2.87. The van der Waals surface area contributed by atoms with Crippen molar-refractivity contribution >= 4 is 26.8 Å². The second kappa shape index (κ2) is 7.75. The molecule has 0 saturated heterocycles. The Bertz CT molecular complexity index is 1280. The van der Waals surface area contributed by atoms with E-state index in [9.17, 15) is 18.0 Å². The highest BCUT2D eigenvalue weighted by atomic mass is 32.2. The fraction of sp³-hybridized carbons (Fsp3) is 0.364. The first kappa shape index (κ1) is 20.4. The summed E-state index contributed by atoms with van der Waals surface area (Å²) in [7, 11) is -3.77. The van der Waals surface area contributed by atoms with Gasteiger partial charge in [-0.25, -0.2) is 13.1 Å². The summed E-state index contributed by atoms with van der Waals surface area (Å²) in [5.41, 5.74) is 2.60. The molecule has 4 rings (SSSR count). The Kier molecular flexibility index (Phi) is 5.27. The van der Waals surface area contributed by atoms with E-state index in [1.165, 1.54) is 19.0 Å². The van der Waals surface area contributed by atoms with Crippen molar-refractivity contribution in [3.05, 3.63) is 58.1 Å². The van der Waals surface area contributed by atoms with Crippen molar-refractivity contribution in [1.29, 1.82) is 0 Å². The zero-order valence-electron chi connectivity index (χ0n) is 17.1. The van der Waals surface area contributed by atoms with Crippen molar-refractivity contribution < 1.29 is 13.2 Å². The molecule has 0 spiro atoms. The van der Waals surface area contributed by atoms with Gasteiger partial charge in [0.25, 0.3) is 11.5 Å². The van der Waals surface area contributed by atoms with E-state index in [1.807, 2.05) is 29.7 Å². The van der Waals surface area contributed by atoms with Crippen molar-refractivity contribution in [2.75, 3.05) is 6.26 Å². The molecule has 1 amide bonds. The van der Waals surface area contributed by atoms with Gasteiger partial charge in [-0.15, -0.1) is 0 Å². The first-order chi connectivity index (χ1) is 14.3. The second-order valence-electron chi connectivity index (χ2n) is 7.93. The van der Waals surface area contributed by atoms with Crippen LogP contribution in [0.15, 0.2) is 41.3 Å². The summed E-state index contributed by atoms with van der Waals surface area (Å²) in [6.07, 6.45) is 6.55. The van der Waals surface area contributed by atoms with E-state index in [0.29, 0.717) is 23.6 Å². The lowest BCUT2D eigenvalue weighted by molar-refractivity contribution is 0.0973. The van der Waals surface area contributed by atoms with Gasteiger partial charge in [0, 0.05) is 34.8 Å². The molecule has 30 heavy (non-hydrogen) atoms. The van der Waals surface area contributed by atoms with Crippen LogP contribution in [0.1, 0.15) is 42.2 Å². The molecule has 0 radical (unpaired) electrons. The minimum atomic E-state index is -3.77. The van der Waals surface area contributed by atoms with Gasteiger partial charge in [0.05, 0.1) is 6.26 Å². The molecule has 2 aromatic heterocycles. The number of fused-ring (bicyclic) bond motifs is 1. The van der Waals surface area contributed by atoms with E-state index in [4.69, 9.17) is 0 Å². The SMILES string of the molecule is CCc1ccc2c(c1)c(-c1ccc[nH]c1=O)c(C(=O)NS(C)(=O)=O)n2CCC1CC1. The standard InChI is InChI=1S/C22H25N3O4S/c1-3-14-8-9-18-17(13-14)19(16-5-4-11-23-21(16)26)20(22(27)24-30(2,28)29)25(18)12-10-15-6-7-15/h4-5,8-9,11,13,15H,3,6-7,10,12H2,1-2H3,(H,23,26)(H,24,27). The number of nitrogens with zero attached hydrogens (tertiary/aromatic N) is 1. The van der Waals surface area contributed by atoms with Crippen LogP contribution < -0.4 is 10.3 Å². The third-order valence-electron chi connectivity index (χ3n) is 5.57. The molecule has 0 atom stereocenters. The van der Waals surface area contributed by atoms with Gasteiger partial charge in [0.2, 0.25) is 10.0 Å². The lowest BCUT2D eigenvalue weighted by Crippen LogP contribution is -2.31. The lowest BCUT2D eigenvalue weighted by atomic mass is 10.0. The Labute approximate surface area is 175 Å². The van der Waals surface area contributed by atoms with Crippen LogP contribution in [-0.4, -0.2) is 30.1 Å². The van der Waals surface area contributed by atoms with Gasteiger partial charge in [-0.05, 0) is 48.6 Å². The molecule has 8 heteroatoms. The van der Waals surface area contributed by atoms with E-state index in [0.717, 1.165) is 35.6 Å². The largest absolute Gasteiger partial charge is 0.336 e. The third kappa shape index (κ3) is 4.05. The molecular formula is C22H25N3O4S. The number of carbonyl (C=O) groups is 1. The average Bonchev–Trinajstić information content (AvgIpc) is 3.46. The molecule has 158 valence electrons. The zero-order valence-corrected chi connectivity index (χ0v) is 17.9. The van der Waals surface area contributed by atoms with Crippen molar-refractivity contribution in [3.8, 4) is 11.1 Å². The molecule has 0 unspecified atom stereocenters. The fourth-order valence-electron chi connectivity index (χ4n) is 3.92. The monoisotopic (exact) mass is 427 g/mol. The van der Waals surface area contributed by atoms with Gasteiger partial charge < -0.3 is 9.55 Å². The van der Waals surface area contributed by atoms with Crippen molar-refractivity contribution in [1.82, 2.24) is 14.3 Å². The van der Waals surface area contributed by atoms with Crippen LogP contribution in [0.5, 0.6) is 0 Å². The summed E-state index contributed by atoms with van der Waals surface area (Å²) < 4.78 is 27.6. The number of aromatic amines is 1. The number of aryl methyl sites for hydroxylation is 2. The number of carbonyl (C=O) groups excluding carboxylic acids is 1. The number of amides is 1. The number of H-pyrrole nitrogens is 1. The van der Waals surface area contributed by atoms with Crippen LogP contribution in [0.25, 0.3) is 22.0 Å². The van der Waals surface area contributed by atoms with E-state index in [-0.39, 0.29) is 11.3 Å². The maximum Gasteiger partial charge on any atom is 0.282 e. The van der Waals surface area contributed by atoms with Gasteiger partial charge in [-0.1, -0.05) is 25.8 Å². The number of sulfonamides is 1. The van der Waals surface area contributed by atoms with E-state index < -0.39 is 15.9 Å². The Balaban J connectivity index is 2.03. The molecule has 1 saturated carbocycles. The van der Waals surface area contributed by atoms with Crippen molar-refractivity contribution in [3.63, 3.8) is 0 Å². The molecule has 2 heterocycles. The summed E-state index contributed by atoms with van der Waals surface area (Å²) in [5.74, 6) is -0.0902. The topological polar surface area (TPSA) is 101 Å². The number of nitrogens with one attached hydrogen (secondary N) is 2. The van der Waals surface area contributed by atoms with Crippen LogP contribution in [0, 0.1) is 5.92 Å². The minimum absolute atomic E-state index is 0.209. The summed E-state index contributed by atoms with van der Waals surface area (Å²) in [6.45, 7) is 2.63. The first-order valence-corrected chi connectivity index (χ1v) is 12.0. The third-order valence-corrected chi connectivity index (χ3v) is 6.13. The first-order valence-electron chi connectivity index (χ1n) is 10.1. The fourth-order valence-corrected chi connectivity index (χ4v) is 4.35. The number of aromatic nitrogens is 2. The van der Waals surface area contributed by atoms with Gasteiger partial charge >= 0.3 is 0 Å². The lowest BCUT2D eigenvalue weighted by Gasteiger charge is -2.12. The molecule has 1 fully saturated rings. The smallest absolute Gasteiger partial charge is 0.282 e. The predicted octanol–water partition coefficient (Wildman–Crippen LogP) is 3.05. The maximum absolute atomic E-state index is 13.1. The van der Waals surface area contributed by atoms with Gasteiger partial charge in [0.1, 0.15) is 5.69 Å². The summed E-state index contributed by atoms with van der Waals surface area (Å²) in [5, 5.41) is 0.778. The molecular weight excluding hydrogens is 402 g/mol. The Morgan fingerprint density at radius 2 is 2.03 bits per heavy atom. The van der Waals surface area contributed by atoms with E-state index in [1.54, 1.807) is 12.1 Å². The molecule has 0 aliphatic heterocycles. The van der Waals surface area contributed by atoms with Crippen LogP contribution in [0.3, 0.4) is 0 Å². The number of hydrogen-bond donors (Lipinski definition) is 2. The number of pyridine rings is 1. The maximum atomic E-state index is 13.1. The molecule has 1 aliphatic carbocycles. The predicted molar refractivity (Wildman–Crippen MR) is 117 cm³/mol. The summed E-state index contributed by atoms with van der Waals surface area (Å²) >= 11 is 0. The molecule has 2 N–H and O–H groups in total. The summed E-state index contributed by atoms with van der Waals surface area (Å²) in [6, 6.07) is 9.31. The molecule has 0 bridgehead atoms. The highest BCUT2D eigenvalue weighted by molar-refractivity contribution is 7.89. The van der Waals surface area contributed by atoms with Gasteiger partial charge in [-0.2, -0.15) is 0 Å². The minimum Gasteiger partial charge on any atom is -0.336 e. The van der Waals surface area contributed by atoms with E-state index in [2.05, 4.69) is 9.71 Å². The highest BCUT2D eigenvalue weighted by Crippen LogP contribution is 2.37. The van der Waals surface area contributed by atoms with E-state index >= 15 is 0 Å². The zero-order chi connectivity index (χ0) is 21.5. The van der Waals surface area contributed by atoms with Crippen molar-refractivity contribution in [2.45, 2.75) is 39.2 Å². The molecule has 1 aromatic carbocycles. The van der Waals surface area contributed by atoms with Crippen LogP contribution in [0.4, 0.5) is 0 Å². The highest BCUT2D eigenvalue weighted by Gasteiger charge is 2.28. The van der Waals surface area contributed by atoms with Crippen LogP contribution >= 0.6 is 0 Å². The Morgan fingerprint density at radius 1 is 1.27 bits per heavy atom. The van der Waals surface area contributed by atoms with Crippen molar-refractivity contribution in [2.24, 2.45) is 5.92 Å². The Morgan fingerprint density at radius 3 is 2.67 bits per heavy atom.